The Morgan fingerprint density at radius 3 is 2.83 bits per heavy atom. The van der Waals surface area contributed by atoms with Gasteiger partial charge < -0.3 is 16.3 Å². The van der Waals surface area contributed by atoms with Crippen LogP contribution in [0.25, 0.3) is 0 Å². The van der Waals surface area contributed by atoms with E-state index in [9.17, 15) is 4.79 Å². The minimum absolute atomic E-state index is 0.0674. The van der Waals surface area contributed by atoms with Crippen molar-refractivity contribution in [2.24, 2.45) is 10.9 Å². The van der Waals surface area contributed by atoms with Gasteiger partial charge in [0.05, 0.1) is 10.6 Å². The molecule has 0 aromatic heterocycles. The van der Waals surface area contributed by atoms with Gasteiger partial charge in [0.25, 0.3) is 5.91 Å². The lowest BCUT2D eigenvalue weighted by Crippen LogP contribution is -2.35. The molecule has 1 rings (SSSR count). The maximum Gasteiger partial charge on any atom is 0.253 e. The molecule has 4 N–H and O–H groups in total. The molecule has 0 bridgehead atoms. The van der Waals surface area contributed by atoms with Crippen molar-refractivity contribution in [3.05, 3.63) is 34.3 Å². The third-order valence-corrected chi connectivity index (χ3v) is 2.70. The van der Waals surface area contributed by atoms with Crippen LogP contribution in [0.15, 0.2) is 23.4 Å². The maximum absolute atomic E-state index is 11.9. The van der Waals surface area contributed by atoms with Gasteiger partial charge in [-0.2, -0.15) is 0 Å². The lowest BCUT2D eigenvalue weighted by molar-refractivity contribution is 0.0941. The van der Waals surface area contributed by atoms with Crippen molar-refractivity contribution >= 4 is 23.3 Å². The van der Waals surface area contributed by atoms with Crippen molar-refractivity contribution in [2.45, 2.75) is 26.3 Å². The number of hydrogen-bond acceptors (Lipinski definition) is 3. The molecule has 98 valence electrons. The molecule has 1 unspecified atom stereocenters. The predicted molar refractivity (Wildman–Crippen MR) is 71.1 cm³/mol. The smallest absolute Gasteiger partial charge is 0.253 e. The van der Waals surface area contributed by atoms with E-state index in [1.54, 1.807) is 19.1 Å². The molecule has 0 aliphatic heterocycles. The number of hydrogen-bond donors (Lipinski definition) is 3. The van der Waals surface area contributed by atoms with Crippen molar-refractivity contribution in [1.29, 1.82) is 0 Å². The van der Waals surface area contributed by atoms with Crippen LogP contribution in [0.1, 0.15) is 29.3 Å². The number of amidine groups is 1. The highest BCUT2D eigenvalue weighted by atomic mass is 35.5. The molecule has 0 saturated heterocycles. The Balaban J connectivity index is 2.71. The topological polar surface area (TPSA) is 87.7 Å². The van der Waals surface area contributed by atoms with Crippen molar-refractivity contribution in [3.8, 4) is 0 Å². The van der Waals surface area contributed by atoms with Crippen LogP contribution in [-0.2, 0) is 0 Å². The van der Waals surface area contributed by atoms with E-state index in [1.807, 2.05) is 13.0 Å². The molecule has 0 fully saturated rings. The van der Waals surface area contributed by atoms with E-state index in [1.165, 1.54) is 0 Å². The summed E-state index contributed by atoms with van der Waals surface area (Å²) in [5, 5.41) is 14.4. The predicted octanol–water partition coefficient (Wildman–Crippen LogP) is 1.90. The summed E-state index contributed by atoms with van der Waals surface area (Å²) in [6, 6.07) is 4.97. The van der Waals surface area contributed by atoms with E-state index in [-0.39, 0.29) is 24.2 Å². The highest BCUT2D eigenvalue weighted by Gasteiger charge is 2.13. The second-order valence-corrected chi connectivity index (χ2v) is 4.56. The number of nitrogens with two attached hydrogens (primary N) is 1. The molecule has 5 nitrogen and oxygen atoms in total. The zero-order valence-corrected chi connectivity index (χ0v) is 11.0. The van der Waals surface area contributed by atoms with Crippen molar-refractivity contribution < 1.29 is 10.0 Å². The molecule has 0 aliphatic rings. The number of rotatable bonds is 4. The fraction of sp³-hybridized carbons (Fsp3) is 0.333. The zero-order chi connectivity index (χ0) is 13.7. The number of oxime groups is 1. The molecule has 6 heteroatoms. The zero-order valence-electron chi connectivity index (χ0n) is 10.3. The van der Waals surface area contributed by atoms with Crippen molar-refractivity contribution in [2.75, 3.05) is 0 Å². The van der Waals surface area contributed by atoms with Gasteiger partial charge in [0.1, 0.15) is 5.84 Å². The first kappa shape index (κ1) is 14.3. The normalized spacial score (nSPS) is 13.2. The number of amides is 1. The summed E-state index contributed by atoms with van der Waals surface area (Å²) < 4.78 is 0. The molecule has 18 heavy (non-hydrogen) atoms. The molecule has 1 amide bonds. The van der Waals surface area contributed by atoms with Crippen molar-refractivity contribution in [3.63, 3.8) is 0 Å². The van der Waals surface area contributed by atoms with Gasteiger partial charge >= 0.3 is 0 Å². The molecule has 0 spiro atoms. The Morgan fingerprint density at radius 2 is 2.28 bits per heavy atom. The van der Waals surface area contributed by atoms with Crippen LogP contribution < -0.4 is 11.1 Å². The third-order valence-electron chi connectivity index (χ3n) is 2.39. The minimum atomic E-state index is -0.279. The summed E-state index contributed by atoms with van der Waals surface area (Å²) in [6.45, 7) is 3.66. The van der Waals surface area contributed by atoms with Crippen LogP contribution in [0.4, 0.5) is 0 Å². The van der Waals surface area contributed by atoms with Gasteiger partial charge in [-0.3, -0.25) is 4.79 Å². The summed E-state index contributed by atoms with van der Waals surface area (Å²) >= 11 is 5.99. The van der Waals surface area contributed by atoms with E-state index >= 15 is 0 Å². The first-order valence-corrected chi connectivity index (χ1v) is 5.85. The highest BCUT2D eigenvalue weighted by Crippen LogP contribution is 2.17. The number of halogens is 1. The van der Waals surface area contributed by atoms with Crippen LogP contribution in [0, 0.1) is 6.92 Å². The quantitative estimate of drug-likeness (QED) is 0.338. The first-order chi connectivity index (χ1) is 8.43. The molecule has 1 aromatic carbocycles. The third kappa shape index (κ3) is 3.92. The standard InChI is InChI=1S/C12H16ClN3O2/c1-7-3-4-9(10(13)5-7)12(17)15-8(2)6-11(14)16-18/h3-5,8,18H,6H2,1-2H3,(H2,14,16)(H,15,17). The van der Waals surface area contributed by atoms with Crippen LogP contribution in [0.5, 0.6) is 0 Å². The van der Waals surface area contributed by atoms with Gasteiger partial charge in [-0.05, 0) is 31.5 Å². The summed E-state index contributed by atoms with van der Waals surface area (Å²) in [4.78, 5) is 11.9. The fourth-order valence-corrected chi connectivity index (χ4v) is 1.83. The summed E-state index contributed by atoms with van der Waals surface area (Å²) in [5.74, 6) is -0.212. The molecular weight excluding hydrogens is 254 g/mol. The van der Waals surface area contributed by atoms with Gasteiger partial charge in [-0.25, -0.2) is 0 Å². The Kier molecular flexibility index (Phi) is 4.97. The largest absolute Gasteiger partial charge is 0.409 e. The number of carbonyl (C=O) groups excluding carboxylic acids is 1. The van der Waals surface area contributed by atoms with Gasteiger partial charge in [0, 0.05) is 12.5 Å². The lowest BCUT2D eigenvalue weighted by atomic mass is 10.1. The van der Waals surface area contributed by atoms with E-state index in [0.717, 1.165) is 5.56 Å². The number of benzene rings is 1. The lowest BCUT2D eigenvalue weighted by Gasteiger charge is -2.13. The van der Waals surface area contributed by atoms with Gasteiger partial charge in [0.15, 0.2) is 0 Å². The molecular formula is C12H16ClN3O2. The number of carbonyl (C=O) groups is 1. The van der Waals surface area contributed by atoms with Gasteiger partial charge in [0.2, 0.25) is 0 Å². The van der Waals surface area contributed by atoms with E-state index in [0.29, 0.717) is 10.6 Å². The Bertz CT molecular complexity index is 474. The molecule has 0 heterocycles. The maximum atomic E-state index is 11.9. The molecule has 0 saturated carbocycles. The van der Waals surface area contributed by atoms with E-state index in [4.69, 9.17) is 22.5 Å². The van der Waals surface area contributed by atoms with E-state index < -0.39 is 0 Å². The summed E-state index contributed by atoms with van der Waals surface area (Å²) in [6.07, 6.45) is 0.270. The number of nitrogens with zero attached hydrogens (tertiary/aromatic N) is 1. The van der Waals surface area contributed by atoms with Crippen molar-refractivity contribution in [1.82, 2.24) is 5.32 Å². The second-order valence-electron chi connectivity index (χ2n) is 4.15. The fourth-order valence-electron chi connectivity index (χ4n) is 1.51. The van der Waals surface area contributed by atoms with Gasteiger partial charge in [-0.15, -0.1) is 0 Å². The van der Waals surface area contributed by atoms with E-state index in [2.05, 4.69) is 10.5 Å². The Hall–Kier alpha value is -1.75. The Labute approximate surface area is 111 Å². The van der Waals surface area contributed by atoms with Crippen LogP contribution >= 0.6 is 11.6 Å². The molecule has 0 radical (unpaired) electrons. The number of nitrogens with one attached hydrogen (secondary N) is 1. The average Bonchev–Trinajstić information content (AvgIpc) is 2.28. The average molecular weight is 270 g/mol. The molecule has 1 aromatic rings. The summed E-state index contributed by atoms with van der Waals surface area (Å²) in [7, 11) is 0. The first-order valence-electron chi connectivity index (χ1n) is 5.47. The monoisotopic (exact) mass is 269 g/mol. The van der Waals surface area contributed by atoms with Gasteiger partial charge in [-0.1, -0.05) is 22.8 Å². The Morgan fingerprint density at radius 1 is 1.61 bits per heavy atom. The molecule has 1 atom stereocenters. The van der Waals surface area contributed by atoms with Crippen LogP contribution in [0.3, 0.4) is 0 Å². The highest BCUT2D eigenvalue weighted by molar-refractivity contribution is 6.33. The SMILES string of the molecule is Cc1ccc(C(=O)NC(C)C/C(N)=N/O)c(Cl)c1. The van der Waals surface area contributed by atoms with Crippen LogP contribution in [0.2, 0.25) is 5.02 Å². The second kappa shape index (κ2) is 6.26. The van der Waals surface area contributed by atoms with Crippen LogP contribution in [-0.4, -0.2) is 23.0 Å². The minimum Gasteiger partial charge on any atom is -0.409 e. The summed E-state index contributed by atoms with van der Waals surface area (Å²) in [5.41, 5.74) is 6.76. The molecule has 0 aliphatic carbocycles. The number of aryl methyl sites for hydroxylation is 1.